The maximum atomic E-state index is 9.33. The minimum atomic E-state index is 0.240. The third kappa shape index (κ3) is 4.17. The Balaban J connectivity index is 2.30. The van der Waals surface area contributed by atoms with Gasteiger partial charge in [0.15, 0.2) is 0 Å². The van der Waals surface area contributed by atoms with Crippen LogP contribution in [0.2, 0.25) is 0 Å². The van der Waals surface area contributed by atoms with Gasteiger partial charge in [-0.15, -0.1) is 10.2 Å². The van der Waals surface area contributed by atoms with Gasteiger partial charge in [0, 0.05) is 23.4 Å². The van der Waals surface area contributed by atoms with Gasteiger partial charge in [0.1, 0.15) is 6.07 Å². The summed E-state index contributed by atoms with van der Waals surface area (Å²) in [6.45, 7) is 9.27. The van der Waals surface area contributed by atoms with Crippen molar-refractivity contribution in [2.24, 2.45) is 4.99 Å². The van der Waals surface area contributed by atoms with Crippen LogP contribution in [0.25, 0.3) is 17.0 Å². The minimum Gasteiger partial charge on any atom is -0.416 e. The molecule has 0 aliphatic heterocycles. The van der Waals surface area contributed by atoms with Gasteiger partial charge in [-0.3, -0.25) is 4.99 Å². The zero-order valence-electron chi connectivity index (χ0n) is 13.9. The minimum absolute atomic E-state index is 0.240. The van der Waals surface area contributed by atoms with E-state index in [1.54, 1.807) is 18.3 Å². The molecule has 1 aromatic heterocycles. The monoisotopic (exact) mass is 321 g/mol. The van der Waals surface area contributed by atoms with Crippen molar-refractivity contribution >= 4 is 18.0 Å². The Morgan fingerprint density at radius 3 is 2.88 bits per heavy atom. The summed E-state index contributed by atoms with van der Waals surface area (Å²) in [4.78, 5) is 3.62. The van der Waals surface area contributed by atoms with Crippen LogP contribution in [0.15, 0.2) is 46.0 Å². The van der Waals surface area contributed by atoms with Gasteiger partial charge in [0.2, 0.25) is 11.8 Å². The summed E-state index contributed by atoms with van der Waals surface area (Å²) in [6.07, 6.45) is 5.12. The Morgan fingerprint density at radius 1 is 1.42 bits per heavy atom. The maximum absolute atomic E-state index is 9.33. The molecule has 0 spiro atoms. The van der Waals surface area contributed by atoms with Gasteiger partial charge in [-0.25, -0.2) is 0 Å². The fourth-order valence-corrected chi connectivity index (χ4v) is 2.03. The summed E-state index contributed by atoms with van der Waals surface area (Å²) >= 11 is 0. The second kappa shape index (κ2) is 7.88. The Labute approximate surface area is 141 Å². The lowest BCUT2D eigenvalue weighted by Gasteiger charge is -2.11. The van der Waals surface area contributed by atoms with Crippen LogP contribution in [0, 0.1) is 11.3 Å². The molecule has 6 heteroatoms. The summed E-state index contributed by atoms with van der Waals surface area (Å²) in [7, 11) is 0. The molecule has 2 rings (SSSR count). The van der Waals surface area contributed by atoms with Gasteiger partial charge >= 0.3 is 0 Å². The van der Waals surface area contributed by atoms with Gasteiger partial charge < -0.3 is 9.73 Å². The molecular formula is C18H19N5O. The fraction of sp³-hybridized carbons (Fsp3) is 0.222. The highest BCUT2D eigenvalue weighted by Crippen LogP contribution is 2.26. The van der Waals surface area contributed by atoms with Crippen LogP contribution in [0.1, 0.15) is 32.2 Å². The Kier molecular flexibility index (Phi) is 5.63. The molecule has 0 unspecified atom stereocenters. The van der Waals surface area contributed by atoms with Crippen molar-refractivity contribution < 1.29 is 4.42 Å². The van der Waals surface area contributed by atoms with Crippen LogP contribution in [0.3, 0.4) is 0 Å². The first-order chi connectivity index (χ1) is 11.5. The summed E-state index contributed by atoms with van der Waals surface area (Å²) in [5, 5.41) is 20.7. The first-order valence-electron chi connectivity index (χ1n) is 7.49. The summed E-state index contributed by atoms with van der Waals surface area (Å²) < 4.78 is 5.68. The van der Waals surface area contributed by atoms with Gasteiger partial charge in [-0.2, -0.15) is 5.26 Å². The molecule has 1 N–H and O–H groups in total. The first kappa shape index (κ1) is 17.2. The largest absolute Gasteiger partial charge is 0.416 e. The number of nitriles is 1. The third-order valence-corrected chi connectivity index (χ3v) is 3.13. The first-order valence-corrected chi connectivity index (χ1v) is 7.49. The molecule has 0 fully saturated rings. The number of aromatic nitrogens is 2. The van der Waals surface area contributed by atoms with E-state index in [0.717, 1.165) is 11.3 Å². The predicted molar refractivity (Wildman–Crippen MR) is 95.5 cm³/mol. The SMILES string of the molecule is C=N/C=C\C=C(/C)c1nnc(-c2ccc(NC(C)C)c(C#N)c2)o1. The second-order valence-electron chi connectivity index (χ2n) is 5.46. The van der Waals surface area contributed by atoms with Crippen LogP contribution in [-0.2, 0) is 0 Å². The van der Waals surface area contributed by atoms with Crippen molar-refractivity contribution in [3.63, 3.8) is 0 Å². The number of hydrogen-bond acceptors (Lipinski definition) is 6. The van der Waals surface area contributed by atoms with Crippen molar-refractivity contribution in [1.29, 1.82) is 5.26 Å². The number of nitrogens with zero attached hydrogens (tertiary/aromatic N) is 4. The lowest BCUT2D eigenvalue weighted by atomic mass is 10.1. The molecule has 0 saturated carbocycles. The summed E-state index contributed by atoms with van der Waals surface area (Å²) in [6, 6.07) is 7.86. The lowest BCUT2D eigenvalue weighted by Crippen LogP contribution is -2.10. The second-order valence-corrected chi connectivity index (χ2v) is 5.46. The molecule has 0 atom stereocenters. The number of anilines is 1. The van der Waals surface area contributed by atoms with Crippen molar-refractivity contribution in [3.05, 3.63) is 48.0 Å². The van der Waals surface area contributed by atoms with E-state index >= 15 is 0 Å². The number of hydrogen-bond donors (Lipinski definition) is 1. The van der Waals surface area contributed by atoms with E-state index in [2.05, 4.69) is 33.3 Å². The Hall–Kier alpha value is -3.20. The molecule has 0 saturated heterocycles. The number of allylic oxidation sites excluding steroid dienone is 3. The molecular weight excluding hydrogens is 302 g/mol. The molecule has 6 nitrogen and oxygen atoms in total. The maximum Gasteiger partial charge on any atom is 0.248 e. The number of benzene rings is 1. The topological polar surface area (TPSA) is 87.1 Å². The average Bonchev–Trinajstić information content (AvgIpc) is 3.05. The summed E-state index contributed by atoms with van der Waals surface area (Å²) in [5.41, 5.74) is 2.84. The van der Waals surface area contributed by atoms with E-state index in [-0.39, 0.29) is 6.04 Å². The van der Waals surface area contributed by atoms with Crippen LogP contribution >= 0.6 is 0 Å². The van der Waals surface area contributed by atoms with Crippen molar-refractivity contribution in [3.8, 4) is 17.5 Å². The van der Waals surface area contributed by atoms with E-state index in [1.807, 2.05) is 39.0 Å². The third-order valence-electron chi connectivity index (χ3n) is 3.13. The van der Waals surface area contributed by atoms with Crippen molar-refractivity contribution in [2.75, 3.05) is 5.32 Å². The van der Waals surface area contributed by atoms with Gasteiger partial charge in [-0.1, -0.05) is 6.08 Å². The van der Waals surface area contributed by atoms with Gasteiger partial charge in [0.05, 0.1) is 11.3 Å². The molecule has 122 valence electrons. The fourth-order valence-electron chi connectivity index (χ4n) is 2.03. The van der Waals surface area contributed by atoms with Crippen molar-refractivity contribution in [1.82, 2.24) is 10.2 Å². The molecule has 0 bridgehead atoms. The Morgan fingerprint density at radius 2 is 2.21 bits per heavy atom. The quantitative estimate of drug-likeness (QED) is 0.640. The smallest absolute Gasteiger partial charge is 0.248 e. The summed E-state index contributed by atoms with van der Waals surface area (Å²) in [5.74, 6) is 0.790. The molecule has 0 aliphatic carbocycles. The molecule has 24 heavy (non-hydrogen) atoms. The molecule has 0 radical (unpaired) electrons. The van der Waals surface area contributed by atoms with Crippen LogP contribution in [-0.4, -0.2) is 23.0 Å². The highest BCUT2D eigenvalue weighted by molar-refractivity contribution is 5.67. The standard InChI is InChI=1S/C18H19N5O/c1-12(2)21-16-8-7-14(10-15(16)11-19)18-23-22-17(24-18)13(3)6-5-9-20-4/h5-10,12,21H,4H2,1-3H3/b9-5-,13-6+. The number of rotatable bonds is 6. The van der Waals surface area contributed by atoms with E-state index in [9.17, 15) is 5.26 Å². The van der Waals surface area contributed by atoms with Crippen LogP contribution in [0.5, 0.6) is 0 Å². The van der Waals surface area contributed by atoms with Crippen molar-refractivity contribution in [2.45, 2.75) is 26.8 Å². The molecule has 1 aromatic carbocycles. The van der Waals surface area contributed by atoms with E-state index in [0.29, 0.717) is 22.9 Å². The van der Waals surface area contributed by atoms with Gasteiger partial charge in [0.25, 0.3) is 0 Å². The molecule has 0 amide bonds. The van der Waals surface area contributed by atoms with Gasteiger partial charge in [-0.05, 0) is 51.8 Å². The number of nitrogens with one attached hydrogen (secondary N) is 1. The Bertz CT molecular complexity index is 824. The van der Waals surface area contributed by atoms with Crippen LogP contribution in [0.4, 0.5) is 5.69 Å². The molecule has 1 heterocycles. The molecule has 0 aliphatic rings. The average molecular weight is 321 g/mol. The highest BCUT2D eigenvalue weighted by atomic mass is 16.4. The number of aliphatic imine (C=N–C) groups is 1. The predicted octanol–water partition coefficient (Wildman–Crippen LogP) is 4.05. The lowest BCUT2D eigenvalue weighted by molar-refractivity contribution is 0.553. The molecule has 2 aromatic rings. The van der Waals surface area contributed by atoms with Crippen LogP contribution < -0.4 is 5.32 Å². The zero-order valence-corrected chi connectivity index (χ0v) is 13.9. The zero-order chi connectivity index (χ0) is 17.5. The van der Waals surface area contributed by atoms with E-state index in [1.165, 1.54) is 0 Å². The normalized spacial score (nSPS) is 11.7. The van der Waals surface area contributed by atoms with E-state index < -0.39 is 0 Å². The van der Waals surface area contributed by atoms with E-state index in [4.69, 9.17) is 4.42 Å². The highest BCUT2D eigenvalue weighted by Gasteiger charge is 2.12.